The highest BCUT2D eigenvalue weighted by molar-refractivity contribution is 5.69. The number of ether oxygens (including phenoxy) is 2. The van der Waals surface area contributed by atoms with Crippen LogP contribution in [0.25, 0.3) is 0 Å². The van der Waals surface area contributed by atoms with Crippen molar-refractivity contribution in [3.63, 3.8) is 0 Å². The van der Waals surface area contributed by atoms with E-state index in [2.05, 4.69) is 4.90 Å². The lowest BCUT2D eigenvalue weighted by molar-refractivity contribution is -0.143. The Balaban J connectivity index is 2.04. The van der Waals surface area contributed by atoms with Crippen molar-refractivity contribution < 1.29 is 14.3 Å². The van der Waals surface area contributed by atoms with Gasteiger partial charge in [0.05, 0.1) is 19.3 Å². The maximum Gasteiger partial charge on any atom is 0.305 e. The molecule has 5 heteroatoms. The normalized spacial score (nSPS) is 21.4. The van der Waals surface area contributed by atoms with Gasteiger partial charge >= 0.3 is 5.97 Å². The van der Waals surface area contributed by atoms with Gasteiger partial charge in [0, 0.05) is 26.1 Å². The molecule has 0 radical (unpaired) electrons. The van der Waals surface area contributed by atoms with E-state index < -0.39 is 0 Å². The van der Waals surface area contributed by atoms with Crippen LogP contribution in [0.15, 0.2) is 0 Å². The van der Waals surface area contributed by atoms with Crippen molar-refractivity contribution in [1.29, 1.82) is 0 Å². The SMILES string of the molecule is CCOC(=O)CCCCN1CCOC(CN)C1. The van der Waals surface area contributed by atoms with E-state index in [0.717, 1.165) is 39.1 Å². The van der Waals surface area contributed by atoms with Crippen LogP contribution < -0.4 is 5.73 Å². The fraction of sp³-hybridized carbons (Fsp3) is 0.917. The number of esters is 1. The van der Waals surface area contributed by atoms with Crippen molar-refractivity contribution in [2.45, 2.75) is 32.3 Å². The number of hydrogen-bond donors (Lipinski definition) is 1. The number of hydrogen-bond acceptors (Lipinski definition) is 5. The van der Waals surface area contributed by atoms with Crippen LogP contribution in [-0.4, -0.2) is 56.4 Å². The van der Waals surface area contributed by atoms with Crippen molar-refractivity contribution in [1.82, 2.24) is 4.90 Å². The Bertz CT molecular complexity index is 224. The second-order valence-electron chi connectivity index (χ2n) is 4.29. The highest BCUT2D eigenvalue weighted by Gasteiger charge is 2.18. The lowest BCUT2D eigenvalue weighted by Gasteiger charge is -2.32. The van der Waals surface area contributed by atoms with Gasteiger partial charge in [-0.05, 0) is 26.3 Å². The topological polar surface area (TPSA) is 64.8 Å². The summed E-state index contributed by atoms with van der Waals surface area (Å²) in [5.41, 5.74) is 5.58. The Kier molecular flexibility index (Phi) is 7.16. The lowest BCUT2D eigenvalue weighted by Crippen LogP contribution is -2.45. The Hall–Kier alpha value is -0.650. The number of morpholine rings is 1. The van der Waals surface area contributed by atoms with Gasteiger partial charge in [0.1, 0.15) is 0 Å². The van der Waals surface area contributed by atoms with E-state index in [1.54, 1.807) is 0 Å². The number of rotatable bonds is 7. The first-order valence-electron chi connectivity index (χ1n) is 6.46. The van der Waals surface area contributed by atoms with Crippen LogP contribution in [0, 0.1) is 0 Å². The summed E-state index contributed by atoms with van der Waals surface area (Å²) in [6.07, 6.45) is 2.62. The summed E-state index contributed by atoms with van der Waals surface area (Å²) in [5, 5.41) is 0. The van der Waals surface area contributed by atoms with Crippen LogP contribution in [0.3, 0.4) is 0 Å². The maximum absolute atomic E-state index is 11.1. The average Bonchev–Trinajstić information content (AvgIpc) is 2.35. The second-order valence-corrected chi connectivity index (χ2v) is 4.29. The molecular formula is C12H24N2O3. The highest BCUT2D eigenvalue weighted by atomic mass is 16.5. The summed E-state index contributed by atoms with van der Waals surface area (Å²) in [4.78, 5) is 13.5. The van der Waals surface area contributed by atoms with Gasteiger partial charge in [0.2, 0.25) is 0 Å². The predicted octanol–water partition coefficient (Wildman–Crippen LogP) is 0.379. The molecule has 0 saturated carbocycles. The molecule has 1 atom stereocenters. The monoisotopic (exact) mass is 244 g/mol. The minimum absolute atomic E-state index is 0.0886. The highest BCUT2D eigenvalue weighted by Crippen LogP contribution is 2.06. The second kappa shape index (κ2) is 8.44. The lowest BCUT2D eigenvalue weighted by atomic mass is 10.2. The molecule has 5 nitrogen and oxygen atoms in total. The minimum atomic E-state index is -0.0886. The molecule has 0 aliphatic carbocycles. The third-order valence-electron chi connectivity index (χ3n) is 2.90. The van der Waals surface area contributed by atoms with Crippen molar-refractivity contribution in [3.05, 3.63) is 0 Å². The van der Waals surface area contributed by atoms with E-state index in [4.69, 9.17) is 15.2 Å². The first-order chi connectivity index (χ1) is 8.26. The molecule has 1 aliphatic rings. The van der Waals surface area contributed by atoms with Crippen molar-refractivity contribution in [2.75, 3.05) is 39.4 Å². The molecule has 0 aromatic carbocycles. The molecule has 17 heavy (non-hydrogen) atoms. The van der Waals surface area contributed by atoms with E-state index in [9.17, 15) is 4.79 Å². The Morgan fingerprint density at radius 2 is 2.35 bits per heavy atom. The fourth-order valence-corrected chi connectivity index (χ4v) is 1.96. The molecule has 1 fully saturated rings. The van der Waals surface area contributed by atoms with Gasteiger partial charge in [0.15, 0.2) is 0 Å². The van der Waals surface area contributed by atoms with Crippen LogP contribution in [0.4, 0.5) is 0 Å². The molecular weight excluding hydrogens is 220 g/mol. The number of nitrogens with two attached hydrogens (primary N) is 1. The molecule has 0 bridgehead atoms. The molecule has 0 spiro atoms. The molecule has 100 valence electrons. The van der Waals surface area contributed by atoms with Gasteiger partial charge in [0.25, 0.3) is 0 Å². The summed E-state index contributed by atoms with van der Waals surface area (Å²) in [7, 11) is 0. The quantitative estimate of drug-likeness (QED) is 0.518. The van der Waals surface area contributed by atoms with E-state index in [1.807, 2.05) is 6.92 Å². The molecule has 1 unspecified atom stereocenters. The van der Waals surface area contributed by atoms with Crippen molar-refractivity contribution >= 4 is 5.97 Å². The van der Waals surface area contributed by atoms with Crippen molar-refractivity contribution in [3.8, 4) is 0 Å². The largest absolute Gasteiger partial charge is 0.466 e. The van der Waals surface area contributed by atoms with E-state index >= 15 is 0 Å². The Morgan fingerprint density at radius 1 is 1.53 bits per heavy atom. The van der Waals surface area contributed by atoms with Crippen molar-refractivity contribution in [2.24, 2.45) is 5.73 Å². The molecule has 1 heterocycles. The van der Waals surface area contributed by atoms with E-state index in [-0.39, 0.29) is 12.1 Å². The smallest absolute Gasteiger partial charge is 0.305 e. The standard InChI is InChI=1S/C12H24N2O3/c1-2-16-12(15)5-3-4-6-14-7-8-17-11(9-13)10-14/h11H,2-10,13H2,1H3. The molecule has 0 aromatic heterocycles. The van der Waals surface area contributed by atoms with Gasteiger partial charge in [-0.1, -0.05) is 0 Å². The van der Waals surface area contributed by atoms with Gasteiger partial charge in [-0.15, -0.1) is 0 Å². The fourth-order valence-electron chi connectivity index (χ4n) is 1.96. The van der Waals surface area contributed by atoms with Crippen LogP contribution >= 0.6 is 0 Å². The zero-order chi connectivity index (χ0) is 12.5. The summed E-state index contributed by atoms with van der Waals surface area (Å²) in [5.74, 6) is -0.0886. The minimum Gasteiger partial charge on any atom is -0.466 e. The number of unbranched alkanes of at least 4 members (excludes halogenated alkanes) is 1. The number of nitrogens with zero attached hydrogens (tertiary/aromatic N) is 1. The van der Waals surface area contributed by atoms with Crippen LogP contribution in [0.1, 0.15) is 26.2 Å². The van der Waals surface area contributed by atoms with Crippen LogP contribution in [0.5, 0.6) is 0 Å². The summed E-state index contributed by atoms with van der Waals surface area (Å²) in [6.45, 7) is 6.54. The third kappa shape index (κ3) is 6.00. The number of carbonyl (C=O) groups excluding carboxylic acids is 1. The maximum atomic E-state index is 11.1. The zero-order valence-corrected chi connectivity index (χ0v) is 10.7. The van der Waals surface area contributed by atoms with Gasteiger partial charge in [-0.2, -0.15) is 0 Å². The average molecular weight is 244 g/mol. The Morgan fingerprint density at radius 3 is 3.06 bits per heavy atom. The molecule has 2 N–H and O–H groups in total. The predicted molar refractivity (Wildman–Crippen MR) is 65.7 cm³/mol. The first-order valence-corrected chi connectivity index (χ1v) is 6.46. The van der Waals surface area contributed by atoms with Gasteiger partial charge < -0.3 is 15.2 Å². The molecule has 1 rings (SSSR count). The zero-order valence-electron chi connectivity index (χ0n) is 10.7. The summed E-state index contributed by atoms with van der Waals surface area (Å²) < 4.78 is 10.4. The Labute approximate surface area is 103 Å². The van der Waals surface area contributed by atoms with E-state index in [1.165, 1.54) is 0 Å². The summed E-state index contributed by atoms with van der Waals surface area (Å²) in [6, 6.07) is 0. The van der Waals surface area contributed by atoms with Crippen LogP contribution in [-0.2, 0) is 14.3 Å². The number of carbonyl (C=O) groups is 1. The van der Waals surface area contributed by atoms with Gasteiger partial charge in [-0.25, -0.2) is 0 Å². The molecule has 1 saturated heterocycles. The molecule has 0 amide bonds. The van der Waals surface area contributed by atoms with Gasteiger partial charge in [-0.3, -0.25) is 9.69 Å². The molecule has 1 aliphatic heterocycles. The molecule has 0 aromatic rings. The van der Waals surface area contributed by atoms with E-state index in [0.29, 0.717) is 19.6 Å². The van der Waals surface area contributed by atoms with Crippen LogP contribution in [0.2, 0.25) is 0 Å². The first kappa shape index (κ1) is 14.4. The summed E-state index contributed by atoms with van der Waals surface area (Å²) >= 11 is 0. The third-order valence-corrected chi connectivity index (χ3v) is 2.90.